The van der Waals surface area contributed by atoms with E-state index in [1.807, 2.05) is 21.7 Å². The molecule has 1 rings (SSSR count). The molecule has 0 bridgehead atoms. The molecule has 1 aliphatic rings. The quantitative estimate of drug-likeness (QED) is 0.565. The highest BCUT2D eigenvalue weighted by Crippen LogP contribution is 2.52. The molecule has 1 unspecified atom stereocenters. The van der Waals surface area contributed by atoms with Crippen LogP contribution < -0.4 is 0 Å². The van der Waals surface area contributed by atoms with Crippen LogP contribution in [0.15, 0.2) is 0 Å². The summed E-state index contributed by atoms with van der Waals surface area (Å²) in [6.07, 6.45) is -0.490. The van der Waals surface area contributed by atoms with Crippen molar-refractivity contribution in [3.63, 3.8) is 0 Å². The Kier molecular flexibility index (Phi) is 7.10. The molecule has 1 heterocycles. The fourth-order valence-electron chi connectivity index (χ4n) is 2.08. The third-order valence-corrected chi connectivity index (χ3v) is 6.64. The van der Waals surface area contributed by atoms with Gasteiger partial charge in [0.2, 0.25) is 0 Å². The average Bonchev–Trinajstić information content (AvgIpc) is 2.61. The Labute approximate surface area is 127 Å². The van der Waals surface area contributed by atoms with Gasteiger partial charge in [0.15, 0.2) is 0 Å². The summed E-state index contributed by atoms with van der Waals surface area (Å²) in [5.74, 6) is 0. The molecule has 1 aliphatic heterocycles. The van der Waals surface area contributed by atoms with Gasteiger partial charge in [-0.25, -0.2) is 0 Å². The van der Waals surface area contributed by atoms with Gasteiger partial charge in [-0.3, -0.25) is 4.57 Å². The van der Waals surface area contributed by atoms with Gasteiger partial charge in [-0.15, -0.1) is 0 Å². The molecule has 5 nitrogen and oxygen atoms in total. The molecule has 0 spiro atoms. The highest BCUT2D eigenvalue weighted by molar-refractivity contribution is 8.02. The zero-order valence-electron chi connectivity index (χ0n) is 13.1. The Morgan fingerprint density at radius 3 is 2.35 bits per heavy atom. The summed E-state index contributed by atoms with van der Waals surface area (Å²) >= 11 is 1.69. The second kappa shape index (κ2) is 7.66. The van der Waals surface area contributed by atoms with Gasteiger partial charge in [0, 0.05) is 12.3 Å². The molecule has 0 radical (unpaired) electrons. The Morgan fingerprint density at radius 1 is 1.30 bits per heavy atom. The lowest BCUT2D eigenvalue weighted by atomic mass is 9.94. The standard InChI is InChI=1S/C12H26BO5PS/c1-7(2)17-6-9-10(11(16-5)12(13)20-9)18-19(14,15)8(3)4/h7-12H,6,13H2,1-5H3,(H,14,15)/t9-,10-,11-,12-/m1/s1. The van der Waals surface area contributed by atoms with Crippen molar-refractivity contribution in [2.75, 3.05) is 13.7 Å². The summed E-state index contributed by atoms with van der Waals surface area (Å²) in [5.41, 5.74) is -0.424. The first-order chi connectivity index (χ1) is 9.19. The maximum Gasteiger partial charge on any atom is 0.331 e. The topological polar surface area (TPSA) is 65.0 Å². The van der Waals surface area contributed by atoms with Crippen LogP contribution in [0.1, 0.15) is 27.7 Å². The van der Waals surface area contributed by atoms with Gasteiger partial charge in [-0.2, -0.15) is 11.8 Å². The van der Waals surface area contributed by atoms with E-state index in [1.54, 1.807) is 32.7 Å². The zero-order valence-corrected chi connectivity index (χ0v) is 14.8. The fourth-order valence-corrected chi connectivity index (χ4v) is 4.52. The fraction of sp³-hybridized carbons (Fsp3) is 1.00. The molecular weight excluding hydrogens is 298 g/mol. The summed E-state index contributed by atoms with van der Waals surface area (Å²) in [5, 5.41) is 0.217. The molecule has 5 atom stereocenters. The molecule has 0 aromatic rings. The summed E-state index contributed by atoms with van der Waals surface area (Å²) in [6.45, 7) is 7.81. The molecule has 0 aromatic heterocycles. The van der Waals surface area contributed by atoms with Crippen LogP contribution in [-0.2, 0) is 18.6 Å². The first-order valence-corrected chi connectivity index (χ1v) is 9.58. The normalized spacial score (nSPS) is 33.8. The maximum absolute atomic E-state index is 12.1. The number of ether oxygens (including phenoxy) is 2. The lowest BCUT2D eigenvalue weighted by Gasteiger charge is -2.28. The van der Waals surface area contributed by atoms with Crippen molar-refractivity contribution in [1.29, 1.82) is 0 Å². The van der Waals surface area contributed by atoms with E-state index in [2.05, 4.69) is 0 Å². The van der Waals surface area contributed by atoms with Crippen LogP contribution in [0.5, 0.6) is 0 Å². The number of hydrogen-bond donors (Lipinski definition) is 1. The minimum Gasteiger partial charge on any atom is -0.378 e. The Hall–Kier alpha value is 0.485. The van der Waals surface area contributed by atoms with Gasteiger partial charge in [0.05, 0.1) is 29.7 Å². The van der Waals surface area contributed by atoms with Gasteiger partial charge in [-0.05, 0) is 13.8 Å². The van der Waals surface area contributed by atoms with Crippen LogP contribution in [0.25, 0.3) is 0 Å². The van der Waals surface area contributed by atoms with Crippen LogP contribution in [0, 0.1) is 0 Å². The van der Waals surface area contributed by atoms with E-state index < -0.39 is 19.4 Å². The smallest absolute Gasteiger partial charge is 0.331 e. The van der Waals surface area contributed by atoms with Crippen LogP contribution in [0.3, 0.4) is 0 Å². The first kappa shape index (κ1) is 18.5. The Bertz CT molecular complexity index is 355. The summed E-state index contributed by atoms with van der Waals surface area (Å²) < 4.78 is 28.8. The molecule has 0 aliphatic carbocycles. The SMILES string of the molecule is B[C@@H]1S[C@H](COC(C)C)[C@@H](OP(=O)(O)C(C)C)[C@H]1OC. The number of rotatable bonds is 7. The zero-order chi connectivity index (χ0) is 15.5. The van der Waals surface area contributed by atoms with E-state index in [0.717, 1.165) is 0 Å². The average molecular weight is 324 g/mol. The Morgan fingerprint density at radius 2 is 1.90 bits per heavy atom. The predicted octanol–water partition coefficient (Wildman–Crippen LogP) is 1.48. The van der Waals surface area contributed by atoms with Gasteiger partial charge in [0.25, 0.3) is 0 Å². The number of methoxy groups -OCH3 is 1. The molecule has 118 valence electrons. The van der Waals surface area contributed by atoms with E-state index in [-0.39, 0.29) is 22.6 Å². The third-order valence-electron chi connectivity index (χ3n) is 3.33. The molecule has 20 heavy (non-hydrogen) atoms. The van der Waals surface area contributed by atoms with Crippen molar-refractivity contribution in [2.24, 2.45) is 0 Å². The van der Waals surface area contributed by atoms with E-state index in [1.165, 1.54) is 0 Å². The molecule has 0 aromatic carbocycles. The van der Waals surface area contributed by atoms with Crippen LogP contribution in [0.2, 0.25) is 0 Å². The second-order valence-electron chi connectivity index (χ2n) is 5.69. The van der Waals surface area contributed by atoms with E-state index >= 15 is 0 Å². The second-order valence-corrected chi connectivity index (χ2v) is 9.68. The largest absolute Gasteiger partial charge is 0.378 e. The molecule has 1 saturated heterocycles. The van der Waals surface area contributed by atoms with E-state index in [4.69, 9.17) is 14.0 Å². The third kappa shape index (κ3) is 4.75. The molecular formula is C12H26BO5PS. The lowest BCUT2D eigenvalue weighted by molar-refractivity contribution is -0.00683. The van der Waals surface area contributed by atoms with Crippen LogP contribution in [0.4, 0.5) is 0 Å². The van der Waals surface area contributed by atoms with Crippen molar-refractivity contribution in [3.05, 3.63) is 0 Å². The lowest BCUT2D eigenvalue weighted by Crippen LogP contribution is -2.38. The van der Waals surface area contributed by atoms with Gasteiger partial charge >= 0.3 is 7.60 Å². The van der Waals surface area contributed by atoms with Crippen molar-refractivity contribution < 1.29 is 23.5 Å². The highest BCUT2D eigenvalue weighted by atomic mass is 32.2. The van der Waals surface area contributed by atoms with Gasteiger partial charge < -0.3 is 18.9 Å². The van der Waals surface area contributed by atoms with Crippen molar-refractivity contribution in [3.8, 4) is 0 Å². The van der Waals surface area contributed by atoms with Crippen LogP contribution in [-0.4, -0.2) is 60.8 Å². The van der Waals surface area contributed by atoms with E-state index in [0.29, 0.717) is 6.61 Å². The summed E-state index contributed by atoms with van der Waals surface area (Å²) in [6, 6.07) is 0. The number of thioether (sulfide) groups is 1. The molecule has 0 amide bonds. The highest BCUT2D eigenvalue weighted by Gasteiger charge is 2.46. The van der Waals surface area contributed by atoms with Crippen molar-refractivity contribution in [1.82, 2.24) is 0 Å². The summed E-state index contributed by atoms with van der Waals surface area (Å²) in [7, 11) is 0.0321. The maximum atomic E-state index is 12.1. The Balaban J connectivity index is 2.80. The van der Waals surface area contributed by atoms with Gasteiger partial charge in [0.1, 0.15) is 14.0 Å². The minimum absolute atomic E-state index is 0.0107. The van der Waals surface area contributed by atoms with E-state index in [9.17, 15) is 9.46 Å². The van der Waals surface area contributed by atoms with Crippen molar-refractivity contribution in [2.45, 2.75) is 62.1 Å². The summed E-state index contributed by atoms with van der Waals surface area (Å²) in [4.78, 5) is 9.97. The minimum atomic E-state index is -3.62. The van der Waals surface area contributed by atoms with Crippen molar-refractivity contribution >= 4 is 27.2 Å². The number of hydrogen-bond acceptors (Lipinski definition) is 5. The molecule has 0 saturated carbocycles. The molecule has 8 heteroatoms. The first-order valence-electron chi connectivity index (χ1n) is 6.99. The molecule has 1 fully saturated rings. The predicted molar refractivity (Wildman–Crippen MR) is 85.4 cm³/mol. The molecule has 1 N–H and O–H groups in total. The van der Waals surface area contributed by atoms with Crippen LogP contribution >= 0.6 is 19.4 Å². The monoisotopic (exact) mass is 324 g/mol. The van der Waals surface area contributed by atoms with Gasteiger partial charge in [-0.1, -0.05) is 13.8 Å².